The molecular formula is C73H126O6. The van der Waals surface area contributed by atoms with Gasteiger partial charge in [0.05, 0.1) is 0 Å². The maximum absolute atomic E-state index is 12.9. The van der Waals surface area contributed by atoms with Crippen molar-refractivity contribution in [3.05, 3.63) is 97.2 Å². The van der Waals surface area contributed by atoms with Gasteiger partial charge in [-0.1, -0.05) is 279 Å². The van der Waals surface area contributed by atoms with Crippen molar-refractivity contribution in [1.29, 1.82) is 0 Å². The van der Waals surface area contributed by atoms with Gasteiger partial charge in [0.25, 0.3) is 0 Å². The van der Waals surface area contributed by atoms with E-state index in [4.69, 9.17) is 14.2 Å². The van der Waals surface area contributed by atoms with E-state index in [1.165, 1.54) is 167 Å². The molecule has 0 saturated carbocycles. The predicted molar refractivity (Wildman–Crippen MR) is 344 cm³/mol. The third kappa shape index (κ3) is 65.0. The normalized spacial score (nSPS) is 12.7. The Kier molecular flexibility index (Phi) is 63.7. The maximum Gasteiger partial charge on any atom is 0.306 e. The molecular weight excluding hydrogens is 973 g/mol. The minimum absolute atomic E-state index is 0.0893. The molecule has 0 aliphatic carbocycles. The van der Waals surface area contributed by atoms with Gasteiger partial charge in [0, 0.05) is 19.3 Å². The lowest BCUT2D eigenvalue weighted by Crippen LogP contribution is -2.30. The summed E-state index contributed by atoms with van der Waals surface area (Å²) in [5.74, 6) is -0.909. The zero-order valence-electron chi connectivity index (χ0n) is 52.1. The lowest BCUT2D eigenvalue weighted by atomic mass is 10.1. The van der Waals surface area contributed by atoms with Gasteiger partial charge in [-0.2, -0.15) is 0 Å². The molecule has 1 unspecified atom stereocenters. The van der Waals surface area contributed by atoms with Crippen LogP contribution in [0.5, 0.6) is 0 Å². The van der Waals surface area contributed by atoms with Crippen LogP contribution in [0.15, 0.2) is 97.2 Å². The molecule has 0 amide bonds. The van der Waals surface area contributed by atoms with Gasteiger partial charge >= 0.3 is 17.9 Å². The smallest absolute Gasteiger partial charge is 0.306 e. The number of rotatable bonds is 61. The van der Waals surface area contributed by atoms with Crippen molar-refractivity contribution in [2.75, 3.05) is 13.2 Å². The van der Waals surface area contributed by atoms with Crippen LogP contribution in [0.3, 0.4) is 0 Å². The van der Waals surface area contributed by atoms with Crippen LogP contribution in [0, 0.1) is 0 Å². The molecule has 0 aliphatic heterocycles. The van der Waals surface area contributed by atoms with Crippen molar-refractivity contribution < 1.29 is 28.6 Å². The Bertz CT molecular complexity index is 1540. The lowest BCUT2D eigenvalue weighted by Gasteiger charge is -2.18. The number of unbranched alkanes of at least 4 members (excludes halogenated alkanes) is 34. The van der Waals surface area contributed by atoms with Gasteiger partial charge in [-0.3, -0.25) is 14.4 Å². The Morgan fingerprint density at radius 2 is 0.456 bits per heavy atom. The first-order valence-electron chi connectivity index (χ1n) is 33.7. The Labute approximate surface area is 489 Å². The first-order chi connectivity index (χ1) is 39.0. The van der Waals surface area contributed by atoms with Gasteiger partial charge in [0.15, 0.2) is 6.10 Å². The summed E-state index contributed by atoms with van der Waals surface area (Å²) in [5.41, 5.74) is 0. The molecule has 0 aromatic carbocycles. The van der Waals surface area contributed by atoms with Gasteiger partial charge < -0.3 is 14.2 Å². The third-order valence-electron chi connectivity index (χ3n) is 14.5. The van der Waals surface area contributed by atoms with Gasteiger partial charge in [0.1, 0.15) is 13.2 Å². The maximum atomic E-state index is 12.9. The monoisotopic (exact) mass is 1100 g/mol. The number of esters is 3. The van der Waals surface area contributed by atoms with E-state index in [0.29, 0.717) is 19.3 Å². The van der Waals surface area contributed by atoms with Crippen molar-refractivity contribution >= 4 is 17.9 Å². The average Bonchev–Trinajstić information content (AvgIpc) is 3.45. The number of ether oxygens (including phenoxy) is 3. The van der Waals surface area contributed by atoms with Gasteiger partial charge in [-0.05, 0) is 128 Å². The Morgan fingerprint density at radius 1 is 0.253 bits per heavy atom. The summed E-state index contributed by atoms with van der Waals surface area (Å²) < 4.78 is 16.9. The Hall–Kier alpha value is -3.67. The number of allylic oxidation sites excluding steroid dienone is 16. The van der Waals surface area contributed by atoms with Crippen LogP contribution in [-0.2, 0) is 28.6 Å². The highest BCUT2D eigenvalue weighted by atomic mass is 16.6. The van der Waals surface area contributed by atoms with E-state index in [1.807, 2.05) is 0 Å². The Balaban J connectivity index is 4.39. The van der Waals surface area contributed by atoms with Crippen LogP contribution in [0.1, 0.15) is 329 Å². The van der Waals surface area contributed by atoms with Crippen LogP contribution in [0.25, 0.3) is 0 Å². The van der Waals surface area contributed by atoms with E-state index in [-0.39, 0.29) is 31.1 Å². The average molecular weight is 1100 g/mol. The quantitative estimate of drug-likeness (QED) is 0.0261. The van der Waals surface area contributed by atoms with Crippen LogP contribution < -0.4 is 0 Å². The van der Waals surface area contributed by atoms with Crippen molar-refractivity contribution in [2.45, 2.75) is 335 Å². The number of hydrogen-bond donors (Lipinski definition) is 0. The zero-order valence-corrected chi connectivity index (χ0v) is 52.1. The molecule has 0 spiro atoms. The summed E-state index contributed by atoms with van der Waals surface area (Å²) in [5, 5.41) is 0. The summed E-state index contributed by atoms with van der Waals surface area (Å²) in [6.45, 7) is 6.59. The molecule has 0 aliphatic rings. The fourth-order valence-corrected chi connectivity index (χ4v) is 9.43. The second kappa shape index (κ2) is 66.8. The summed E-state index contributed by atoms with van der Waals surface area (Å²) in [6, 6.07) is 0. The molecule has 0 saturated heterocycles. The molecule has 0 bridgehead atoms. The lowest BCUT2D eigenvalue weighted by molar-refractivity contribution is -0.167. The third-order valence-corrected chi connectivity index (χ3v) is 14.5. The second-order valence-electron chi connectivity index (χ2n) is 22.4. The molecule has 0 radical (unpaired) electrons. The minimum Gasteiger partial charge on any atom is -0.462 e. The highest BCUT2D eigenvalue weighted by Crippen LogP contribution is 2.16. The van der Waals surface area contributed by atoms with E-state index >= 15 is 0 Å². The second-order valence-corrected chi connectivity index (χ2v) is 22.4. The zero-order chi connectivity index (χ0) is 57.1. The highest BCUT2D eigenvalue weighted by Gasteiger charge is 2.19. The van der Waals surface area contributed by atoms with E-state index in [2.05, 4.69) is 118 Å². The first-order valence-corrected chi connectivity index (χ1v) is 33.7. The Morgan fingerprint density at radius 3 is 0.734 bits per heavy atom. The van der Waals surface area contributed by atoms with Gasteiger partial charge in [-0.25, -0.2) is 0 Å². The fraction of sp³-hybridized carbons (Fsp3) is 0.740. The molecule has 454 valence electrons. The molecule has 79 heavy (non-hydrogen) atoms. The fourth-order valence-electron chi connectivity index (χ4n) is 9.43. The largest absolute Gasteiger partial charge is 0.462 e. The molecule has 0 heterocycles. The molecule has 0 N–H and O–H groups in total. The minimum atomic E-state index is -0.795. The van der Waals surface area contributed by atoms with Gasteiger partial charge in [0.2, 0.25) is 0 Å². The molecule has 6 nitrogen and oxygen atoms in total. The van der Waals surface area contributed by atoms with E-state index < -0.39 is 6.10 Å². The molecule has 0 aromatic rings. The molecule has 0 aromatic heterocycles. The van der Waals surface area contributed by atoms with Crippen molar-refractivity contribution in [3.8, 4) is 0 Å². The summed E-state index contributed by atoms with van der Waals surface area (Å²) >= 11 is 0. The van der Waals surface area contributed by atoms with Crippen molar-refractivity contribution in [3.63, 3.8) is 0 Å². The summed E-state index contributed by atoms with van der Waals surface area (Å²) in [4.78, 5) is 38.4. The molecule has 6 heteroatoms. The van der Waals surface area contributed by atoms with E-state index in [0.717, 1.165) is 122 Å². The van der Waals surface area contributed by atoms with E-state index in [1.54, 1.807) is 0 Å². The topological polar surface area (TPSA) is 78.9 Å². The van der Waals surface area contributed by atoms with Crippen molar-refractivity contribution in [2.24, 2.45) is 0 Å². The van der Waals surface area contributed by atoms with Crippen LogP contribution >= 0.6 is 0 Å². The summed E-state index contributed by atoms with van der Waals surface area (Å²) in [7, 11) is 0. The highest BCUT2D eigenvalue weighted by molar-refractivity contribution is 5.71. The van der Waals surface area contributed by atoms with E-state index in [9.17, 15) is 14.4 Å². The van der Waals surface area contributed by atoms with Crippen LogP contribution in [-0.4, -0.2) is 37.2 Å². The molecule has 0 fully saturated rings. The molecule has 0 rings (SSSR count). The first kappa shape index (κ1) is 75.3. The SMILES string of the molecule is CCCCC/C=C\C/C=C\CCCCCCCC(=O)OCC(COC(=O)CCCCCCCCCCCC/C=C\C/C=C\C/C=C\CCCCCCC)OC(=O)CCCCCCCC/C=C\C/C=C\C/C=C\CCCCCCC. The van der Waals surface area contributed by atoms with Crippen molar-refractivity contribution in [1.82, 2.24) is 0 Å². The van der Waals surface area contributed by atoms with Crippen LogP contribution in [0.4, 0.5) is 0 Å². The molecule has 1 atom stereocenters. The number of hydrogen-bond acceptors (Lipinski definition) is 6. The summed E-state index contributed by atoms with van der Waals surface area (Å²) in [6.07, 6.45) is 89.8. The van der Waals surface area contributed by atoms with Crippen LogP contribution in [0.2, 0.25) is 0 Å². The van der Waals surface area contributed by atoms with Gasteiger partial charge in [-0.15, -0.1) is 0 Å². The predicted octanol–water partition coefficient (Wildman–Crippen LogP) is 23.2. The number of carbonyl (C=O) groups excluding carboxylic acids is 3. The number of carbonyl (C=O) groups is 3. The standard InChI is InChI=1S/C73H126O6/c1-4-7-10-13-16-19-22-25-28-30-32-34-35-36-37-39-40-42-45-48-51-54-57-60-63-66-72(75)78-69-70(68-77-71(74)65-62-59-56-53-50-47-44-27-24-21-18-15-12-9-6-3)79-73(76)67-64-61-58-55-52-49-46-43-41-38-33-31-29-26-23-20-17-14-11-8-5-2/h18,21-23,25-27,30-33,35-36,41,43-44,70H,4-17,19-20,24,28-29,34,37-40,42,45-69H2,1-3H3/b21-18-,25-22-,26-23-,32-30-,33-31-,36-35-,43-41-,44-27-.